The lowest BCUT2D eigenvalue weighted by molar-refractivity contribution is -0.121. The van der Waals surface area contributed by atoms with E-state index in [-0.39, 0.29) is 11.9 Å². The Morgan fingerprint density at radius 3 is 2.86 bits per heavy atom. The fourth-order valence-electron chi connectivity index (χ4n) is 1.18. The number of amides is 1. The van der Waals surface area contributed by atoms with Crippen LogP contribution in [0.4, 0.5) is 0 Å². The highest BCUT2D eigenvalue weighted by Gasteiger charge is 2.24. The molecule has 1 unspecified atom stereocenters. The van der Waals surface area contributed by atoms with Gasteiger partial charge in [-0.15, -0.1) is 6.42 Å². The largest absolute Gasteiger partial charge is 0.353 e. The van der Waals surface area contributed by atoms with Crippen LogP contribution in [-0.2, 0) is 4.79 Å². The van der Waals surface area contributed by atoms with E-state index in [9.17, 15) is 4.79 Å². The molecule has 14 heavy (non-hydrogen) atoms. The zero-order chi connectivity index (χ0) is 10.4. The third-order valence-corrected chi connectivity index (χ3v) is 2.15. The van der Waals surface area contributed by atoms with Crippen LogP contribution in [0.5, 0.6) is 0 Å². The molecule has 4 nitrogen and oxygen atoms in total. The van der Waals surface area contributed by atoms with E-state index in [0.29, 0.717) is 25.6 Å². The Labute approximate surface area is 84.6 Å². The predicted octanol–water partition coefficient (Wildman–Crippen LogP) is -0.795. The number of carbonyl (C=O) groups excluding carboxylic acids is 1. The zero-order valence-electron chi connectivity index (χ0n) is 8.25. The molecule has 0 aromatic rings. The van der Waals surface area contributed by atoms with Crippen molar-refractivity contribution in [1.29, 1.82) is 0 Å². The molecular weight excluding hydrogens is 178 g/mol. The van der Waals surface area contributed by atoms with Gasteiger partial charge in [0.05, 0.1) is 6.54 Å². The molecule has 1 saturated carbocycles. The maximum atomic E-state index is 11.4. The first-order valence-corrected chi connectivity index (χ1v) is 4.92. The molecule has 1 amide bonds. The summed E-state index contributed by atoms with van der Waals surface area (Å²) >= 11 is 0. The van der Waals surface area contributed by atoms with Crippen molar-refractivity contribution in [2.75, 3.05) is 13.1 Å². The summed E-state index contributed by atoms with van der Waals surface area (Å²) < 4.78 is 0. The van der Waals surface area contributed by atoms with Crippen LogP contribution in [0.3, 0.4) is 0 Å². The maximum Gasteiger partial charge on any atom is 0.221 e. The summed E-state index contributed by atoms with van der Waals surface area (Å²) in [6.07, 6.45) is 7.73. The molecule has 78 valence electrons. The first-order chi connectivity index (χ1) is 6.76. The van der Waals surface area contributed by atoms with Gasteiger partial charge in [-0.25, -0.2) is 0 Å². The van der Waals surface area contributed by atoms with Gasteiger partial charge in [-0.05, 0) is 12.8 Å². The van der Waals surface area contributed by atoms with Crippen LogP contribution in [0.1, 0.15) is 19.3 Å². The molecule has 0 aromatic heterocycles. The first kappa shape index (κ1) is 11.0. The molecule has 0 bridgehead atoms. The Morgan fingerprint density at radius 2 is 2.36 bits per heavy atom. The van der Waals surface area contributed by atoms with E-state index >= 15 is 0 Å². The van der Waals surface area contributed by atoms with Crippen molar-refractivity contribution in [2.45, 2.75) is 31.3 Å². The third-order valence-electron chi connectivity index (χ3n) is 2.15. The van der Waals surface area contributed by atoms with Gasteiger partial charge < -0.3 is 16.4 Å². The van der Waals surface area contributed by atoms with Crippen molar-refractivity contribution in [2.24, 2.45) is 5.73 Å². The molecule has 1 aliphatic carbocycles. The van der Waals surface area contributed by atoms with Crippen molar-refractivity contribution < 1.29 is 4.79 Å². The monoisotopic (exact) mass is 195 g/mol. The smallest absolute Gasteiger partial charge is 0.221 e. The zero-order valence-corrected chi connectivity index (χ0v) is 8.25. The van der Waals surface area contributed by atoms with Crippen LogP contribution >= 0.6 is 0 Å². The summed E-state index contributed by atoms with van der Waals surface area (Å²) in [6.45, 7) is 0.887. The molecule has 1 rings (SSSR count). The first-order valence-electron chi connectivity index (χ1n) is 4.92. The van der Waals surface area contributed by atoms with Crippen molar-refractivity contribution in [3.05, 3.63) is 0 Å². The molecule has 4 heteroatoms. The highest BCUT2D eigenvalue weighted by Crippen LogP contribution is 2.18. The van der Waals surface area contributed by atoms with Crippen LogP contribution in [-0.4, -0.2) is 31.1 Å². The van der Waals surface area contributed by atoms with Gasteiger partial charge in [0.15, 0.2) is 0 Å². The van der Waals surface area contributed by atoms with Crippen LogP contribution in [0.15, 0.2) is 0 Å². The number of nitrogens with two attached hydrogens (primary N) is 1. The minimum absolute atomic E-state index is 0.00944. The third kappa shape index (κ3) is 4.26. The maximum absolute atomic E-state index is 11.4. The van der Waals surface area contributed by atoms with Gasteiger partial charge in [-0.1, -0.05) is 5.92 Å². The van der Waals surface area contributed by atoms with Crippen molar-refractivity contribution in [3.8, 4) is 12.3 Å². The van der Waals surface area contributed by atoms with E-state index < -0.39 is 0 Å². The average Bonchev–Trinajstić information content (AvgIpc) is 2.95. The molecule has 4 N–H and O–H groups in total. The second kappa shape index (κ2) is 5.63. The van der Waals surface area contributed by atoms with Crippen LogP contribution in [0, 0.1) is 12.3 Å². The molecule has 0 aromatic carbocycles. The standard InChI is InChI=1S/C10H17N3O/c1-2-5-12-9(7-11)6-10(14)13-8-3-4-8/h1,8-9,12H,3-7,11H2,(H,13,14). The summed E-state index contributed by atoms with van der Waals surface area (Å²) in [6, 6.07) is 0.401. The van der Waals surface area contributed by atoms with Crippen LogP contribution in [0.25, 0.3) is 0 Å². The lowest BCUT2D eigenvalue weighted by Crippen LogP contribution is -2.41. The van der Waals surface area contributed by atoms with Crippen LogP contribution in [0.2, 0.25) is 0 Å². The molecule has 0 spiro atoms. The fourth-order valence-corrected chi connectivity index (χ4v) is 1.18. The van der Waals surface area contributed by atoms with Crippen LogP contribution < -0.4 is 16.4 Å². The summed E-state index contributed by atoms with van der Waals surface area (Å²) in [7, 11) is 0. The van der Waals surface area contributed by atoms with Gasteiger partial charge in [0.25, 0.3) is 0 Å². The molecule has 0 radical (unpaired) electrons. The van der Waals surface area contributed by atoms with Crippen molar-refractivity contribution in [1.82, 2.24) is 10.6 Å². The predicted molar refractivity (Wildman–Crippen MR) is 55.5 cm³/mol. The number of hydrogen-bond donors (Lipinski definition) is 3. The van der Waals surface area contributed by atoms with E-state index in [2.05, 4.69) is 16.6 Å². The summed E-state index contributed by atoms with van der Waals surface area (Å²) in [5.74, 6) is 2.52. The Hall–Kier alpha value is -1.05. The van der Waals surface area contributed by atoms with Gasteiger partial charge in [0.1, 0.15) is 0 Å². The Morgan fingerprint density at radius 1 is 1.64 bits per heavy atom. The lowest BCUT2D eigenvalue weighted by Gasteiger charge is -2.14. The second-order valence-corrected chi connectivity index (χ2v) is 3.56. The minimum Gasteiger partial charge on any atom is -0.353 e. The molecule has 0 aliphatic heterocycles. The van der Waals surface area contributed by atoms with Gasteiger partial charge in [-0.3, -0.25) is 4.79 Å². The van der Waals surface area contributed by atoms with Gasteiger partial charge in [-0.2, -0.15) is 0 Å². The number of hydrogen-bond acceptors (Lipinski definition) is 3. The number of rotatable bonds is 6. The van der Waals surface area contributed by atoms with Gasteiger partial charge in [0, 0.05) is 25.0 Å². The number of terminal acetylenes is 1. The molecule has 0 saturated heterocycles. The summed E-state index contributed by atoms with van der Waals surface area (Å²) in [5.41, 5.74) is 5.50. The van der Waals surface area contributed by atoms with Crippen molar-refractivity contribution in [3.63, 3.8) is 0 Å². The topological polar surface area (TPSA) is 67.1 Å². The average molecular weight is 195 g/mol. The molecule has 0 heterocycles. The van der Waals surface area contributed by atoms with E-state index in [4.69, 9.17) is 12.2 Å². The SMILES string of the molecule is C#CCNC(CN)CC(=O)NC1CC1. The fraction of sp³-hybridized carbons (Fsp3) is 0.700. The molecule has 1 aliphatic rings. The van der Waals surface area contributed by atoms with E-state index in [1.807, 2.05) is 0 Å². The highest BCUT2D eigenvalue weighted by molar-refractivity contribution is 5.77. The Bertz CT molecular complexity index is 230. The summed E-state index contributed by atoms with van der Waals surface area (Å²) in [5, 5.41) is 5.93. The Balaban J connectivity index is 2.17. The molecule has 1 atom stereocenters. The highest BCUT2D eigenvalue weighted by atomic mass is 16.1. The molecule has 1 fully saturated rings. The Kier molecular flexibility index (Phi) is 4.44. The van der Waals surface area contributed by atoms with E-state index in [1.54, 1.807) is 0 Å². The van der Waals surface area contributed by atoms with E-state index in [1.165, 1.54) is 0 Å². The summed E-state index contributed by atoms with van der Waals surface area (Å²) in [4.78, 5) is 11.4. The molecular formula is C10H17N3O. The normalized spacial score (nSPS) is 17.1. The number of nitrogens with one attached hydrogen (secondary N) is 2. The van der Waals surface area contributed by atoms with Gasteiger partial charge >= 0.3 is 0 Å². The minimum atomic E-state index is -0.00944. The number of carbonyl (C=O) groups is 1. The van der Waals surface area contributed by atoms with Gasteiger partial charge in [0.2, 0.25) is 5.91 Å². The quantitative estimate of drug-likeness (QED) is 0.486. The second-order valence-electron chi connectivity index (χ2n) is 3.56. The lowest BCUT2D eigenvalue weighted by atomic mass is 10.2. The van der Waals surface area contributed by atoms with E-state index in [0.717, 1.165) is 12.8 Å². The van der Waals surface area contributed by atoms with Crippen molar-refractivity contribution >= 4 is 5.91 Å².